The molecule has 4 bridgehead atoms. The minimum atomic E-state index is -0.585. The number of amides is 1. The summed E-state index contributed by atoms with van der Waals surface area (Å²) >= 11 is 0. The largest absolute Gasteiger partial charge is 0.354 e. The van der Waals surface area contributed by atoms with Gasteiger partial charge in [-0.25, -0.2) is 0 Å². The summed E-state index contributed by atoms with van der Waals surface area (Å²) in [4.78, 5) is 21.2. The van der Waals surface area contributed by atoms with Crippen LogP contribution in [0, 0.1) is 23.7 Å². The molecule has 4 heteroatoms. The van der Waals surface area contributed by atoms with Crippen LogP contribution in [0.25, 0.3) is 0 Å². The molecule has 1 N–H and O–H groups in total. The standard InChI is InChI=1S/C24H35N3O/c1-16(2)13-25-23(28)24-20-10-19(14-26-24)12-22(24)27(15-17(3)4)21(20)11-18-8-6-5-7-9-18/h5-9,14,16-17,19-22H,10-13,15H2,1-4H3,(H,25,28). The first-order chi connectivity index (χ1) is 13.4. The Kier molecular flexibility index (Phi) is 5.34. The van der Waals surface area contributed by atoms with E-state index in [1.165, 1.54) is 5.56 Å². The predicted molar refractivity (Wildman–Crippen MR) is 115 cm³/mol. The van der Waals surface area contributed by atoms with Gasteiger partial charge in [-0.05, 0) is 42.6 Å². The zero-order valence-electron chi connectivity index (χ0n) is 17.8. The van der Waals surface area contributed by atoms with Crippen molar-refractivity contribution >= 4 is 12.1 Å². The Balaban J connectivity index is 1.69. The average Bonchev–Trinajstić information content (AvgIpc) is 2.84. The summed E-state index contributed by atoms with van der Waals surface area (Å²) in [6.07, 6.45) is 5.28. The van der Waals surface area contributed by atoms with Crippen molar-refractivity contribution in [1.82, 2.24) is 10.2 Å². The number of likely N-dealkylation sites (tertiary alicyclic amines) is 1. The number of benzene rings is 1. The molecule has 4 aliphatic rings. The van der Waals surface area contributed by atoms with E-state index >= 15 is 0 Å². The van der Waals surface area contributed by atoms with Crippen molar-refractivity contribution in [2.24, 2.45) is 28.7 Å². The van der Waals surface area contributed by atoms with Crippen molar-refractivity contribution < 1.29 is 4.79 Å². The minimum Gasteiger partial charge on any atom is -0.354 e. The Morgan fingerprint density at radius 1 is 1.18 bits per heavy atom. The van der Waals surface area contributed by atoms with Gasteiger partial charge >= 0.3 is 0 Å². The molecular formula is C24H35N3O. The first-order valence-electron chi connectivity index (χ1n) is 11.0. The number of hydrogen-bond donors (Lipinski definition) is 1. The number of hydrogen-bond acceptors (Lipinski definition) is 3. The Labute approximate surface area is 169 Å². The molecule has 1 aromatic rings. The maximum atomic E-state index is 13.5. The van der Waals surface area contributed by atoms with Crippen LogP contribution in [0.5, 0.6) is 0 Å². The number of rotatable bonds is 7. The van der Waals surface area contributed by atoms with E-state index in [4.69, 9.17) is 4.99 Å². The Morgan fingerprint density at radius 3 is 2.61 bits per heavy atom. The number of nitrogens with one attached hydrogen (secondary N) is 1. The molecule has 28 heavy (non-hydrogen) atoms. The first kappa shape index (κ1) is 19.6. The number of carbonyl (C=O) groups is 1. The number of carbonyl (C=O) groups excluding carboxylic acids is 1. The first-order valence-corrected chi connectivity index (χ1v) is 11.0. The number of nitrogens with zero attached hydrogens (tertiary/aromatic N) is 2. The molecule has 1 aliphatic carbocycles. The Hall–Kier alpha value is -1.68. The predicted octanol–water partition coefficient (Wildman–Crippen LogP) is 3.56. The lowest BCUT2D eigenvalue weighted by Gasteiger charge is -2.46. The average molecular weight is 382 g/mol. The summed E-state index contributed by atoms with van der Waals surface area (Å²) < 4.78 is 0. The molecule has 1 aromatic carbocycles. The summed E-state index contributed by atoms with van der Waals surface area (Å²) in [5.74, 6) is 2.04. The molecule has 4 nitrogen and oxygen atoms in total. The van der Waals surface area contributed by atoms with Gasteiger partial charge in [0, 0.05) is 37.3 Å². The van der Waals surface area contributed by atoms with Gasteiger partial charge in [-0.2, -0.15) is 0 Å². The molecule has 152 valence electrons. The van der Waals surface area contributed by atoms with Crippen LogP contribution >= 0.6 is 0 Å². The highest BCUT2D eigenvalue weighted by molar-refractivity contribution is 5.92. The van der Waals surface area contributed by atoms with Gasteiger partial charge in [-0.3, -0.25) is 14.7 Å². The summed E-state index contributed by atoms with van der Waals surface area (Å²) in [6, 6.07) is 11.4. The van der Waals surface area contributed by atoms with Gasteiger partial charge in [0.05, 0.1) is 0 Å². The highest BCUT2D eigenvalue weighted by Crippen LogP contribution is 2.54. The maximum Gasteiger partial charge on any atom is 0.249 e. The summed E-state index contributed by atoms with van der Waals surface area (Å²) in [6.45, 7) is 10.6. The highest BCUT2D eigenvalue weighted by Gasteiger charge is 2.67. The third kappa shape index (κ3) is 3.30. The van der Waals surface area contributed by atoms with Gasteiger partial charge in [-0.1, -0.05) is 58.0 Å². The van der Waals surface area contributed by atoms with Crippen LogP contribution in [0.4, 0.5) is 0 Å². The molecule has 5 rings (SSSR count). The second-order valence-electron chi connectivity index (χ2n) is 9.91. The van der Waals surface area contributed by atoms with E-state index in [-0.39, 0.29) is 11.9 Å². The van der Waals surface area contributed by atoms with Gasteiger partial charge in [0.15, 0.2) is 5.54 Å². The van der Waals surface area contributed by atoms with Crippen LogP contribution in [0.2, 0.25) is 0 Å². The van der Waals surface area contributed by atoms with Crippen LogP contribution in [0.15, 0.2) is 35.3 Å². The topological polar surface area (TPSA) is 44.7 Å². The van der Waals surface area contributed by atoms with Crippen molar-refractivity contribution in [2.75, 3.05) is 13.1 Å². The van der Waals surface area contributed by atoms with E-state index in [9.17, 15) is 4.79 Å². The molecule has 1 saturated heterocycles. The summed E-state index contributed by atoms with van der Waals surface area (Å²) in [7, 11) is 0. The fourth-order valence-corrected chi connectivity index (χ4v) is 5.76. The Morgan fingerprint density at radius 2 is 1.93 bits per heavy atom. The van der Waals surface area contributed by atoms with E-state index in [2.05, 4.69) is 74.5 Å². The van der Waals surface area contributed by atoms with Gasteiger partial charge in [0.25, 0.3) is 0 Å². The van der Waals surface area contributed by atoms with Crippen molar-refractivity contribution in [2.45, 2.75) is 64.6 Å². The van der Waals surface area contributed by atoms with Crippen molar-refractivity contribution in [3.8, 4) is 0 Å². The van der Waals surface area contributed by atoms with Gasteiger partial charge in [-0.15, -0.1) is 0 Å². The smallest absolute Gasteiger partial charge is 0.249 e. The molecule has 1 saturated carbocycles. The summed E-state index contributed by atoms with van der Waals surface area (Å²) in [5.41, 5.74) is 0.782. The normalized spacial score (nSPS) is 33.8. The van der Waals surface area contributed by atoms with E-state index in [1.54, 1.807) is 0 Å². The zero-order valence-corrected chi connectivity index (χ0v) is 17.8. The molecule has 0 spiro atoms. The highest BCUT2D eigenvalue weighted by atomic mass is 16.2. The lowest BCUT2D eigenvalue weighted by Crippen LogP contribution is -2.62. The molecule has 3 aliphatic heterocycles. The molecule has 0 aromatic heterocycles. The van der Waals surface area contributed by atoms with Crippen LogP contribution in [-0.2, 0) is 11.2 Å². The lowest BCUT2D eigenvalue weighted by atomic mass is 9.64. The zero-order chi connectivity index (χ0) is 19.9. The summed E-state index contributed by atoms with van der Waals surface area (Å²) in [5, 5.41) is 3.25. The minimum absolute atomic E-state index is 0.162. The number of aliphatic imine (C=N–C) groups is 1. The second kappa shape index (κ2) is 7.62. The van der Waals surface area contributed by atoms with E-state index in [1.807, 2.05) is 0 Å². The fourth-order valence-electron chi connectivity index (χ4n) is 5.76. The third-order valence-electron chi connectivity index (χ3n) is 6.84. The van der Waals surface area contributed by atoms with Crippen molar-refractivity contribution in [3.63, 3.8) is 0 Å². The molecule has 0 radical (unpaired) electrons. The van der Waals surface area contributed by atoms with Crippen LogP contribution < -0.4 is 5.32 Å². The van der Waals surface area contributed by atoms with Crippen LogP contribution in [0.3, 0.4) is 0 Å². The van der Waals surface area contributed by atoms with Crippen LogP contribution in [0.1, 0.15) is 46.1 Å². The van der Waals surface area contributed by atoms with Crippen LogP contribution in [-0.4, -0.2) is 47.7 Å². The van der Waals surface area contributed by atoms with E-state index < -0.39 is 5.54 Å². The Bertz CT molecular complexity index is 729. The fraction of sp³-hybridized carbons (Fsp3) is 0.667. The van der Waals surface area contributed by atoms with Crippen molar-refractivity contribution in [1.29, 1.82) is 0 Å². The SMILES string of the molecule is CC(C)CNC(=O)C12N=CC3CC1C(Cc1ccccc1)N(CC(C)C)C2C3. The maximum absolute atomic E-state index is 13.5. The van der Waals surface area contributed by atoms with Gasteiger partial charge in [0.2, 0.25) is 5.91 Å². The quantitative estimate of drug-likeness (QED) is 0.785. The monoisotopic (exact) mass is 381 g/mol. The van der Waals surface area contributed by atoms with Crippen molar-refractivity contribution in [3.05, 3.63) is 35.9 Å². The molecule has 1 amide bonds. The van der Waals surface area contributed by atoms with E-state index in [0.717, 1.165) is 32.4 Å². The molecule has 2 fully saturated rings. The lowest BCUT2D eigenvalue weighted by molar-refractivity contribution is -0.130. The van der Waals surface area contributed by atoms with E-state index in [0.29, 0.717) is 29.7 Å². The molecular weight excluding hydrogens is 346 g/mol. The molecule has 5 atom stereocenters. The molecule has 5 unspecified atom stereocenters. The third-order valence-corrected chi connectivity index (χ3v) is 6.84. The second-order valence-corrected chi connectivity index (χ2v) is 9.91. The van der Waals surface area contributed by atoms with Gasteiger partial charge in [0.1, 0.15) is 0 Å². The van der Waals surface area contributed by atoms with Gasteiger partial charge < -0.3 is 5.32 Å². The molecule has 3 heterocycles.